The first-order valence-corrected chi connectivity index (χ1v) is 8.96. The fraction of sp³-hybridized carbons (Fsp3) is 0.474. The lowest BCUT2D eigenvalue weighted by atomic mass is 9.85. The number of halogens is 1. The zero-order chi connectivity index (χ0) is 18.3. The van der Waals surface area contributed by atoms with Gasteiger partial charge in [0, 0.05) is 37.2 Å². The summed E-state index contributed by atoms with van der Waals surface area (Å²) in [7, 11) is 1.89. The number of hydrogen-bond acceptors (Lipinski definition) is 4. The first kappa shape index (κ1) is 17.2. The molecule has 1 amide bonds. The molecule has 26 heavy (non-hydrogen) atoms. The van der Waals surface area contributed by atoms with Gasteiger partial charge in [0.15, 0.2) is 0 Å². The molecule has 1 aromatic carbocycles. The largest absolute Gasteiger partial charge is 0.382 e. The van der Waals surface area contributed by atoms with Gasteiger partial charge in [-0.2, -0.15) is 0 Å². The molecule has 0 radical (unpaired) electrons. The monoisotopic (exact) mass is 358 g/mol. The Kier molecular flexibility index (Phi) is 4.28. The predicted molar refractivity (Wildman–Crippen MR) is 94.9 cm³/mol. The fourth-order valence-electron chi connectivity index (χ4n) is 4.47. The molecule has 2 aliphatic heterocycles. The highest BCUT2D eigenvalue weighted by molar-refractivity contribution is 5.92. The number of benzene rings is 1. The maximum absolute atomic E-state index is 13.0. The number of amides is 1. The molecule has 0 aliphatic carbocycles. The van der Waals surface area contributed by atoms with Crippen LogP contribution in [0.15, 0.2) is 36.7 Å². The average molecular weight is 358 g/mol. The van der Waals surface area contributed by atoms with E-state index in [2.05, 4.69) is 15.2 Å². The topological polar surface area (TPSA) is 70.4 Å². The van der Waals surface area contributed by atoms with Crippen LogP contribution in [0.5, 0.6) is 0 Å². The Morgan fingerprint density at radius 3 is 2.54 bits per heavy atom. The molecule has 0 unspecified atom stereocenters. The van der Waals surface area contributed by atoms with Crippen LogP contribution in [0.3, 0.4) is 0 Å². The van der Waals surface area contributed by atoms with Crippen molar-refractivity contribution in [3.63, 3.8) is 0 Å². The number of hydrogen-bond donors (Lipinski definition) is 2. The van der Waals surface area contributed by atoms with Gasteiger partial charge in [0.05, 0.1) is 6.54 Å². The summed E-state index contributed by atoms with van der Waals surface area (Å²) in [4.78, 5) is 18.9. The summed E-state index contributed by atoms with van der Waals surface area (Å²) in [6, 6.07) is 6.08. The van der Waals surface area contributed by atoms with Crippen LogP contribution in [-0.4, -0.2) is 44.1 Å². The summed E-state index contributed by atoms with van der Waals surface area (Å²) >= 11 is 0. The van der Waals surface area contributed by atoms with E-state index < -0.39 is 5.60 Å². The Morgan fingerprint density at radius 1 is 1.31 bits per heavy atom. The van der Waals surface area contributed by atoms with Crippen molar-refractivity contribution in [2.45, 2.75) is 43.4 Å². The highest BCUT2D eigenvalue weighted by Gasteiger charge is 2.50. The van der Waals surface area contributed by atoms with Crippen LogP contribution in [-0.2, 0) is 17.4 Å². The number of rotatable bonds is 4. The Morgan fingerprint density at radius 2 is 1.96 bits per heavy atom. The first-order valence-electron chi connectivity index (χ1n) is 8.96. The van der Waals surface area contributed by atoms with Gasteiger partial charge in [0.2, 0.25) is 5.91 Å². The normalized spacial score (nSPS) is 28.3. The van der Waals surface area contributed by atoms with Crippen LogP contribution < -0.4 is 5.32 Å². The molecular weight excluding hydrogens is 335 g/mol. The summed E-state index contributed by atoms with van der Waals surface area (Å²) in [5.41, 5.74) is -0.348. The molecule has 2 aromatic rings. The minimum atomic E-state index is -0.936. The minimum Gasteiger partial charge on any atom is -0.382 e. The summed E-state index contributed by atoms with van der Waals surface area (Å²) in [6.07, 6.45) is 6.66. The van der Waals surface area contributed by atoms with Gasteiger partial charge < -0.3 is 15.0 Å². The third-order valence-corrected chi connectivity index (χ3v) is 5.61. The Balaban J connectivity index is 1.43. The van der Waals surface area contributed by atoms with Crippen molar-refractivity contribution < 1.29 is 14.3 Å². The van der Waals surface area contributed by atoms with E-state index in [1.54, 1.807) is 18.3 Å². The molecule has 2 aliphatic rings. The zero-order valence-electron chi connectivity index (χ0n) is 14.7. The lowest BCUT2D eigenvalue weighted by Gasteiger charge is -2.43. The van der Waals surface area contributed by atoms with Gasteiger partial charge in [-0.1, -0.05) is 0 Å². The highest BCUT2D eigenvalue weighted by Crippen LogP contribution is 2.44. The third-order valence-electron chi connectivity index (χ3n) is 5.61. The molecular formula is C19H23FN4O2. The number of nitrogens with zero attached hydrogens (tertiary/aromatic N) is 3. The van der Waals surface area contributed by atoms with E-state index in [1.807, 2.05) is 17.8 Å². The van der Waals surface area contributed by atoms with E-state index in [0.717, 1.165) is 12.8 Å². The van der Waals surface area contributed by atoms with Crippen LogP contribution in [0.25, 0.3) is 0 Å². The van der Waals surface area contributed by atoms with E-state index in [1.165, 1.54) is 12.1 Å². The average Bonchev–Trinajstić information content (AvgIpc) is 3.13. The van der Waals surface area contributed by atoms with Crippen molar-refractivity contribution in [3.05, 3.63) is 48.3 Å². The number of piperidine rings is 1. The Labute approximate surface area is 151 Å². The predicted octanol–water partition coefficient (Wildman–Crippen LogP) is 2.01. The van der Waals surface area contributed by atoms with E-state index in [9.17, 15) is 14.3 Å². The minimum absolute atomic E-state index is 0.115. The second kappa shape index (κ2) is 6.48. The van der Waals surface area contributed by atoms with Crippen molar-refractivity contribution in [2.24, 2.45) is 7.05 Å². The number of carbonyl (C=O) groups is 1. The Bertz CT molecular complexity index is 790. The van der Waals surface area contributed by atoms with E-state index >= 15 is 0 Å². The van der Waals surface area contributed by atoms with Crippen LogP contribution in [0.4, 0.5) is 10.1 Å². The second-order valence-electron chi connectivity index (χ2n) is 7.41. The molecule has 2 atom stereocenters. The maximum atomic E-state index is 13.0. The van der Waals surface area contributed by atoms with Gasteiger partial charge in [-0.3, -0.25) is 9.69 Å². The van der Waals surface area contributed by atoms with Crippen molar-refractivity contribution >= 4 is 11.6 Å². The quantitative estimate of drug-likeness (QED) is 0.877. The molecule has 3 heterocycles. The number of nitrogens with one attached hydrogen (secondary N) is 1. The summed E-state index contributed by atoms with van der Waals surface area (Å²) in [5.74, 6) is 0.256. The molecule has 6 nitrogen and oxygen atoms in total. The molecule has 2 saturated heterocycles. The van der Waals surface area contributed by atoms with Crippen LogP contribution in [0, 0.1) is 5.82 Å². The lowest BCUT2D eigenvalue weighted by molar-refractivity contribution is -0.121. The summed E-state index contributed by atoms with van der Waals surface area (Å²) in [5, 5.41) is 14.0. The molecule has 7 heteroatoms. The highest BCUT2D eigenvalue weighted by atomic mass is 19.1. The number of aryl methyl sites for hydroxylation is 1. The molecule has 2 N–H and O–H groups in total. The lowest BCUT2D eigenvalue weighted by Crippen LogP contribution is -2.52. The fourth-order valence-corrected chi connectivity index (χ4v) is 4.47. The number of carbonyl (C=O) groups excluding carboxylic acids is 1. The summed E-state index contributed by atoms with van der Waals surface area (Å²) < 4.78 is 14.8. The van der Waals surface area contributed by atoms with Gasteiger partial charge in [-0.25, -0.2) is 9.37 Å². The third kappa shape index (κ3) is 3.12. The zero-order valence-corrected chi connectivity index (χ0v) is 14.7. The number of aliphatic hydroxyl groups is 1. The Hall–Kier alpha value is -2.25. The van der Waals surface area contributed by atoms with Crippen molar-refractivity contribution in [1.29, 1.82) is 0 Å². The van der Waals surface area contributed by atoms with Gasteiger partial charge in [-0.05, 0) is 49.9 Å². The SMILES string of the molecule is Cn1ccnc1C1(O)C[C@H]2CC[C@H](C1)N2CC(=O)Nc1ccc(F)cc1. The number of fused-ring (bicyclic) bond motifs is 2. The number of anilines is 1. The molecule has 2 fully saturated rings. The van der Waals surface area contributed by atoms with Crippen molar-refractivity contribution in [3.8, 4) is 0 Å². The first-order chi connectivity index (χ1) is 12.4. The van der Waals surface area contributed by atoms with Gasteiger partial charge in [-0.15, -0.1) is 0 Å². The van der Waals surface area contributed by atoms with Gasteiger partial charge in [0.1, 0.15) is 17.2 Å². The molecule has 4 rings (SSSR count). The smallest absolute Gasteiger partial charge is 0.238 e. The van der Waals surface area contributed by atoms with E-state index in [0.29, 0.717) is 24.4 Å². The van der Waals surface area contributed by atoms with E-state index in [-0.39, 0.29) is 30.4 Å². The molecule has 0 saturated carbocycles. The van der Waals surface area contributed by atoms with Crippen molar-refractivity contribution in [1.82, 2.24) is 14.5 Å². The van der Waals surface area contributed by atoms with Crippen molar-refractivity contribution in [2.75, 3.05) is 11.9 Å². The van der Waals surface area contributed by atoms with Gasteiger partial charge in [0.25, 0.3) is 0 Å². The molecule has 2 bridgehead atoms. The second-order valence-corrected chi connectivity index (χ2v) is 7.41. The number of imidazole rings is 1. The number of aromatic nitrogens is 2. The van der Waals surface area contributed by atoms with E-state index in [4.69, 9.17) is 0 Å². The maximum Gasteiger partial charge on any atom is 0.238 e. The summed E-state index contributed by atoms with van der Waals surface area (Å²) in [6.45, 7) is 0.281. The standard InChI is InChI=1S/C19H23FN4O2/c1-23-9-8-21-18(23)19(26)10-15-6-7-16(11-19)24(15)12-17(25)22-14-4-2-13(20)3-5-14/h2-5,8-9,15-16,26H,6-7,10-12H2,1H3,(H,22,25)/t15-,16-/m1/s1. The molecule has 1 aromatic heterocycles. The van der Waals surface area contributed by atoms with Crippen LogP contribution in [0.2, 0.25) is 0 Å². The van der Waals surface area contributed by atoms with Gasteiger partial charge >= 0.3 is 0 Å². The molecule has 138 valence electrons. The van der Waals surface area contributed by atoms with Crippen LogP contribution >= 0.6 is 0 Å². The molecule has 0 spiro atoms. The van der Waals surface area contributed by atoms with Crippen LogP contribution in [0.1, 0.15) is 31.5 Å².